The summed E-state index contributed by atoms with van der Waals surface area (Å²) in [5.74, 6) is -0.355. The Kier molecular flexibility index (Phi) is 3.94. The van der Waals surface area contributed by atoms with Gasteiger partial charge in [0.15, 0.2) is 5.17 Å². The average Bonchev–Trinajstić information content (AvgIpc) is 2.21. The van der Waals surface area contributed by atoms with Crippen molar-refractivity contribution < 1.29 is 4.39 Å². The molecule has 92 valence electrons. The van der Waals surface area contributed by atoms with Crippen molar-refractivity contribution in [1.29, 1.82) is 0 Å². The summed E-state index contributed by atoms with van der Waals surface area (Å²) in [4.78, 5) is 4.46. The summed E-state index contributed by atoms with van der Waals surface area (Å²) in [6, 6.07) is 4.87. The van der Waals surface area contributed by atoms with Crippen molar-refractivity contribution in [3.63, 3.8) is 0 Å². The van der Waals surface area contributed by atoms with Crippen molar-refractivity contribution >= 4 is 34.2 Å². The fourth-order valence-electron chi connectivity index (χ4n) is 1.77. The van der Waals surface area contributed by atoms with Crippen LogP contribution in [0.1, 0.15) is 20.3 Å². The monoisotopic (exact) mass is 272 g/mol. The second-order valence-electron chi connectivity index (χ2n) is 4.20. The van der Waals surface area contributed by atoms with Crippen molar-refractivity contribution in [2.24, 2.45) is 4.99 Å². The van der Waals surface area contributed by atoms with E-state index < -0.39 is 0 Å². The molecule has 0 amide bonds. The number of thioether (sulfide) groups is 1. The Morgan fingerprint density at radius 1 is 1.47 bits per heavy atom. The average molecular weight is 273 g/mol. The second kappa shape index (κ2) is 5.27. The molecule has 1 heterocycles. The van der Waals surface area contributed by atoms with Crippen LogP contribution in [0.5, 0.6) is 0 Å². The zero-order valence-corrected chi connectivity index (χ0v) is 11.3. The van der Waals surface area contributed by atoms with Crippen LogP contribution in [0, 0.1) is 5.82 Å². The smallest absolute Gasteiger partial charge is 0.161 e. The molecule has 0 radical (unpaired) electrons. The summed E-state index contributed by atoms with van der Waals surface area (Å²) < 4.78 is 13.6. The molecule has 0 saturated carbocycles. The van der Waals surface area contributed by atoms with Gasteiger partial charge in [-0.25, -0.2) is 4.39 Å². The van der Waals surface area contributed by atoms with Gasteiger partial charge in [0.25, 0.3) is 0 Å². The Balaban J connectivity index is 2.15. The van der Waals surface area contributed by atoms with Gasteiger partial charge >= 0.3 is 0 Å². The number of anilines is 1. The summed E-state index contributed by atoms with van der Waals surface area (Å²) in [5.41, 5.74) is 0.418. The highest BCUT2D eigenvalue weighted by molar-refractivity contribution is 8.14. The molecule has 2 rings (SSSR count). The molecular formula is C12H14ClFN2S. The quantitative estimate of drug-likeness (QED) is 0.830. The molecular weight excluding hydrogens is 259 g/mol. The van der Waals surface area contributed by atoms with Crippen molar-refractivity contribution in [2.75, 3.05) is 5.32 Å². The number of nitrogens with one attached hydrogen (secondary N) is 1. The van der Waals surface area contributed by atoms with Gasteiger partial charge in [-0.2, -0.15) is 0 Å². The third-order valence-corrected chi connectivity index (χ3v) is 3.76. The first-order valence-electron chi connectivity index (χ1n) is 5.51. The highest BCUT2D eigenvalue weighted by atomic mass is 35.5. The third-order valence-electron chi connectivity index (χ3n) is 2.50. The number of amidine groups is 1. The van der Waals surface area contributed by atoms with Gasteiger partial charge in [-0.1, -0.05) is 30.3 Å². The van der Waals surface area contributed by atoms with E-state index in [9.17, 15) is 4.39 Å². The molecule has 0 fully saturated rings. The molecule has 1 N–H and O–H groups in total. The minimum Gasteiger partial charge on any atom is -0.333 e. The number of rotatable bonds is 1. The van der Waals surface area contributed by atoms with E-state index in [1.54, 1.807) is 23.9 Å². The summed E-state index contributed by atoms with van der Waals surface area (Å²) in [6.45, 7) is 4.21. The number of benzene rings is 1. The van der Waals surface area contributed by atoms with E-state index in [4.69, 9.17) is 11.6 Å². The van der Waals surface area contributed by atoms with Gasteiger partial charge in [-0.3, -0.25) is 4.99 Å². The lowest BCUT2D eigenvalue weighted by atomic mass is 10.2. The van der Waals surface area contributed by atoms with Crippen molar-refractivity contribution in [3.8, 4) is 0 Å². The van der Waals surface area contributed by atoms with Crippen molar-refractivity contribution in [2.45, 2.75) is 31.6 Å². The fraction of sp³-hybridized carbons (Fsp3) is 0.417. The second-order valence-corrected chi connectivity index (χ2v) is 6.06. The lowest BCUT2D eigenvalue weighted by molar-refractivity contribution is 0.631. The molecule has 2 atom stereocenters. The normalized spacial score (nSPS) is 24.4. The van der Waals surface area contributed by atoms with E-state index in [2.05, 4.69) is 24.2 Å². The van der Waals surface area contributed by atoms with Crippen LogP contribution in [-0.2, 0) is 0 Å². The van der Waals surface area contributed by atoms with Crippen LogP contribution in [0.25, 0.3) is 0 Å². The Labute approximate surface area is 110 Å². The lowest BCUT2D eigenvalue weighted by Crippen LogP contribution is -2.23. The van der Waals surface area contributed by atoms with Crippen LogP contribution in [0.15, 0.2) is 23.2 Å². The maximum absolute atomic E-state index is 13.6. The molecule has 1 aliphatic heterocycles. The standard InChI is InChI=1S/C12H14ClFN2S/c1-7-5-8(2)17-12(15-7)16-11-4-3-9(13)6-10(11)14/h3-4,6-8H,5H2,1-2H3,(H,15,16). The molecule has 5 heteroatoms. The Morgan fingerprint density at radius 3 is 2.88 bits per heavy atom. The number of aliphatic imine (C=N–C) groups is 1. The molecule has 17 heavy (non-hydrogen) atoms. The van der Waals surface area contributed by atoms with Gasteiger partial charge in [-0.15, -0.1) is 0 Å². The molecule has 0 aliphatic carbocycles. The Bertz CT molecular complexity index is 450. The topological polar surface area (TPSA) is 24.4 Å². The molecule has 2 unspecified atom stereocenters. The highest BCUT2D eigenvalue weighted by Crippen LogP contribution is 2.27. The van der Waals surface area contributed by atoms with Crippen LogP contribution in [-0.4, -0.2) is 16.5 Å². The van der Waals surface area contributed by atoms with Crippen LogP contribution < -0.4 is 5.32 Å². The molecule has 1 aromatic rings. The summed E-state index contributed by atoms with van der Waals surface area (Å²) in [7, 11) is 0. The number of halogens is 2. The molecule has 1 aromatic carbocycles. The van der Waals surface area contributed by atoms with Gasteiger partial charge in [-0.05, 0) is 31.5 Å². The van der Waals surface area contributed by atoms with Crippen molar-refractivity contribution in [1.82, 2.24) is 0 Å². The van der Waals surface area contributed by atoms with Crippen LogP contribution >= 0.6 is 23.4 Å². The molecule has 0 saturated heterocycles. The van der Waals surface area contributed by atoms with E-state index in [0.29, 0.717) is 16.0 Å². The Hall–Kier alpha value is -0.740. The van der Waals surface area contributed by atoms with Crippen LogP contribution in [0.4, 0.5) is 10.1 Å². The summed E-state index contributed by atoms with van der Waals surface area (Å²) in [6.07, 6.45) is 1.05. The van der Waals surface area contributed by atoms with Crippen LogP contribution in [0.2, 0.25) is 5.02 Å². The first kappa shape index (κ1) is 12.7. The van der Waals surface area contributed by atoms with Gasteiger partial charge in [0.2, 0.25) is 0 Å². The van der Waals surface area contributed by atoms with Gasteiger partial charge < -0.3 is 5.32 Å². The zero-order valence-electron chi connectivity index (χ0n) is 9.71. The molecule has 0 spiro atoms. The zero-order chi connectivity index (χ0) is 12.4. The van der Waals surface area contributed by atoms with E-state index in [0.717, 1.165) is 11.6 Å². The minimum absolute atomic E-state index is 0.282. The molecule has 2 nitrogen and oxygen atoms in total. The molecule has 0 bridgehead atoms. The van der Waals surface area contributed by atoms with Crippen molar-refractivity contribution in [3.05, 3.63) is 29.0 Å². The number of hydrogen-bond acceptors (Lipinski definition) is 3. The largest absolute Gasteiger partial charge is 0.333 e. The van der Waals surface area contributed by atoms with Gasteiger partial charge in [0.1, 0.15) is 5.82 Å². The molecule has 1 aliphatic rings. The highest BCUT2D eigenvalue weighted by Gasteiger charge is 2.19. The van der Waals surface area contributed by atoms with Gasteiger partial charge in [0.05, 0.1) is 11.7 Å². The van der Waals surface area contributed by atoms with Gasteiger partial charge in [0, 0.05) is 10.3 Å². The maximum atomic E-state index is 13.6. The first-order chi connectivity index (χ1) is 8.04. The maximum Gasteiger partial charge on any atom is 0.161 e. The van der Waals surface area contributed by atoms with Crippen LogP contribution in [0.3, 0.4) is 0 Å². The predicted molar refractivity (Wildman–Crippen MR) is 73.6 cm³/mol. The van der Waals surface area contributed by atoms with E-state index >= 15 is 0 Å². The minimum atomic E-state index is -0.355. The van der Waals surface area contributed by atoms with E-state index in [1.165, 1.54) is 6.07 Å². The Morgan fingerprint density at radius 2 is 2.24 bits per heavy atom. The van der Waals surface area contributed by atoms with E-state index in [-0.39, 0.29) is 11.9 Å². The van der Waals surface area contributed by atoms with E-state index in [1.807, 2.05) is 0 Å². The predicted octanol–water partition coefficient (Wildman–Crippen LogP) is 4.16. The summed E-state index contributed by atoms with van der Waals surface area (Å²) in [5, 5.41) is 4.69. The lowest BCUT2D eigenvalue weighted by Gasteiger charge is -2.23. The SMILES string of the molecule is CC1CC(C)SC(Nc2ccc(Cl)cc2F)=N1. The summed E-state index contributed by atoms with van der Waals surface area (Å²) >= 11 is 7.34. The number of hydrogen-bond donors (Lipinski definition) is 1. The number of nitrogens with zero attached hydrogens (tertiary/aromatic N) is 1. The first-order valence-corrected chi connectivity index (χ1v) is 6.77. The third kappa shape index (κ3) is 3.36. The fourth-order valence-corrected chi connectivity index (χ4v) is 3.09. The molecule has 0 aromatic heterocycles.